The second kappa shape index (κ2) is 7.27. The second-order valence-electron chi connectivity index (χ2n) is 5.20. The van der Waals surface area contributed by atoms with Crippen molar-refractivity contribution >= 4 is 27.5 Å². The SMILES string of the molecule is COc1ccc(S(=O)(=O)Nc2oncc2-c2ccc(Cl)cc2)cc1OC. The van der Waals surface area contributed by atoms with Crippen LogP contribution in [-0.4, -0.2) is 27.8 Å². The molecule has 0 radical (unpaired) electrons. The smallest absolute Gasteiger partial charge is 0.264 e. The summed E-state index contributed by atoms with van der Waals surface area (Å²) in [5.41, 5.74) is 1.20. The summed E-state index contributed by atoms with van der Waals surface area (Å²) in [6.07, 6.45) is 1.43. The van der Waals surface area contributed by atoms with Crippen molar-refractivity contribution in [1.82, 2.24) is 5.16 Å². The predicted molar refractivity (Wildman–Crippen MR) is 97.3 cm³/mol. The summed E-state index contributed by atoms with van der Waals surface area (Å²) in [4.78, 5) is -0.00592. The number of rotatable bonds is 6. The molecule has 2 aromatic carbocycles. The van der Waals surface area contributed by atoms with Crippen molar-refractivity contribution in [1.29, 1.82) is 0 Å². The van der Waals surface area contributed by atoms with Crippen molar-refractivity contribution in [2.24, 2.45) is 0 Å². The first-order chi connectivity index (χ1) is 12.4. The van der Waals surface area contributed by atoms with E-state index in [0.717, 1.165) is 0 Å². The highest BCUT2D eigenvalue weighted by Gasteiger charge is 2.21. The average Bonchev–Trinajstić information content (AvgIpc) is 3.09. The van der Waals surface area contributed by atoms with Crippen molar-refractivity contribution in [3.8, 4) is 22.6 Å². The number of nitrogens with one attached hydrogen (secondary N) is 1. The van der Waals surface area contributed by atoms with Crippen LogP contribution in [0.15, 0.2) is 58.1 Å². The number of nitrogens with zero attached hydrogens (tertiary/aromatic N) is 1. The molecule has 0 fully saturated rings. The lowest BCUT2D eigenvalue weighted by atomic mass is 10.1. The molecule has 0 unspecified atom stereocenters. The summed E-state index contributed by atoms with van der Waals surface area (Å²) in [5.74, 6) is 0.723. The van der Waals surface area contributed by atoms with E-state index in [-0.39, 0.29) is 10.8 Å². The van der Waals surface area contributed by atoms with E-state index >= 15 is 0 Å². The Morgan fingerprint density at radius 2 is 1.73 bits per heavy atom. The van der Waals surface area contributed by atoms with Gasteiger partial charge in [-0.3, -0.25) is 0 Å². The van der Waals surface area contributed by atoms with Crippen molar-refractivity contribution in [3.63, 3.8) is 0 Å². The fraction of sp³-hybridized carbons (Fsp3) is 0.118. The first-order valence-electron chi connectivity index (χ1n) is 7.40. The maximum absolute atomic E-state index is 12.7. The Hall–Kier alpha value is -2.71. The van der Waals surface area contributed by atoms with Crippen molar-refractivity contribution < 1.29 is 22.4 Å². The third kappa shape index (κ3) is 3.61. The van der Waals surface area contributed by atoms with Gasteiger partial charge in [0.1, 0.15) is 0 Å². The third-order valence-electron chi connectivity index (χ3n) is 3.62. The summed E-state index contributed by atoms with van der Waals surface area (Å²) in [7, 11) is -1.03. The van der Waals surface area contributed by atoms with E-state index in [1.54, 1.807) is 24.3 Å². The lowest BCUT2D eigenvalue weighted by Crippen LogP contribution is -2.13. The minimum absolute atomic E-state index is 0.00195. The minimum atomic E-state index is -3.92. The zero-order chi connectivity index (χ0) is 18.7. The number of hydrogen-bond donors (Lipinski definition) is 1. The molecule has 7 nitrogen and oxygen atoms in total. The zero-order valence-corrected chi connectivity index (χ0v) is 15.5. The van der Waals surface area contributed by atoms with E-state index in [2.05, 4.69) is 9.88 Å². The Morgan fingerprint density at radius 3 is 2.38 bits per heavy atom. The van der Waals surface area contributed by atoms with Gasteiger partial charge in [0.05, 0.1) is 30.9 Å². The van der Waals surface area contributed by atoms with Gasteiger partial charge in [0.25, 0.3) is 10.0 Å². The number of halogens is 1. The number of anilines is 1. The number of methoxy groups -OCH3 is 2. The number of sulfonamides is 1. The van der Waals surface area contributed by atoms with Gasteiger partial charge in [-0.1, -0.05) is 28.9 Å². The predicted octanol–water partition coefficient (Wildman–Crippen LogP) is 3.81. The zero-order valence-electron chi connectivity index (χ0n) is 13.9. The van der Waals surface area contributed by atoms with Crippen molar-refractivity contribution in [2.75, 3.05) is 18.9 Å². The van der Waals surface area contributed by atoms with Crippen LogP contribution in [-0.2, 0) is 10.0 Å². The first-order valence-corrected chi connectivity index (χ1v) is 9.26. The molecule has 0 amide bonds. The summed E-state index contributed by atoms with van der Waals surface area (Å²) < 4.78 is 43.1. The van der Waals surface area contributed by atoms with Crippen LogP contribution in [0.25, 0.3) is 11.1 Å². The van der Waals surface area contributed by atoms with Crippen molar-refractivity contribution in [3.05, 3.63) is 53.7 Å². The van der Waals surface area contributed by atoms with Gasteiger partial charge in [0.15, 0.2) is 11.5 Å². The van der Waals surface area contributed by atoms with Crippen LogP contribution >= 0.6 is 11.6 Å². The van der Waals surface area contributed by atoms with Crippen LogP contribution in [0, 0.1) is 0 Å². The molecular formula is C17H15ClN2O5S. The summed E-state index contributed by atoms with van der Waals surface area (Å²) in [6.45, 7) is 0. The molecule has 1 N–H and O–H groups in total. The van der Waals surface area contributed by atoms with Gasteiger partial charge >= 0.3 is 0 Å². The van der Waals surface area contributed by atoms with E-state index in [4.69, 9.17) is 25.6 Å². The number of hydrogen-bond acceptors (Lipinski definition) is 6. The fourth-order valence-electron chi connectivity index (χ4n) is 2.31. The maximum atomic E-state index is 12.7. The van der Waals surface area contributed by atoms with Gasteiger partial charge in [0.2, 0.25) is 5.88 Å². The Morgan fingerprint density at radius 1 is 1.04 bits per heavy atom. The highest BCUT2D eigenvalue weighted by atomic mass is 35.5. The van der Waals surface area contributed by atoms with Gasteiger partial charge in [-0.15, -0.1) is 0 Å². The summed E-state index contributed by atoms with van der Waals surface area (Å²) >= 11 is 5.88. The van der Waals surface area contributed by atoms with Gasteiger partial charge in [-0.2, -0.15) is 0 Å². The van der Waals surface area contributed by atoms with Crippen LogP contribution in [0.2, 0.25) is 5.02 Å². The minimum Gasteiger partial charge on any atom is -0.493 e. The lowest BCUT2D eigenvalue weighted by Gasteiger charge is -2.11. The van der Waals surface area contributed by atoms with Gasteiger partial charge in [0, 0.05) is 11.1 Å². The Labute approximate surface area is 155 Å². The largest absolute Gasteiger partial charge is 0.493 e. The Balaban J connectivity index is 1.94. The number of benzene rings is 2. The second-order valence-corrected chi connectivity index (χ2v) is 7.32. The monoisotopic (exact) mass is 394 g/mol. The fourth-order valence-corrected chi connectivity index (χ4v) is 3.46. The molecule has 1 aromatic heterocycles. The molecule has 0 aliphatic heterocycles. The normalized spacial score (nSPS) is 11.2. The van der Waals surface area contributed by atoms with Crippen LogP contribution in [0.3, 0.4) is 0 Å². The lowest BCUT2D eigenvalue weighted by molar-refractivity contribution is 0.354. The molecule has 0 bridgehead atoms. The quantitative estimate of drug-likeness (QED) is 0.683. The highest BCUT2D eigenvalue weighted by molar-refractivity contribution is 7.92. The van der Waals surface area contributed by atoms with E-state index < -0.39 is 10.0 Å². The molecule has 0 aliphatic carbocycles. The van der Waals surface area contributed by atoms with Crippen molar-refractivity contribution in [2.45, 2.75) is 4.90 Å². The average molecular weight is 395 g/mol. The standard InChI is InChI=1S/C17H15ClN2O5S/c1-23-15-8-7-13(9-16(15)24-2)26(21,22)20-17-14(10-19-25-17)11-3-5-12(18)6-4-11/h3-10,20H,1-2H3. The Bertz CT molecular complexity index is 1020. The molecule has 0 spiro atoms. The first kappa shape index (κ1) is 18.1. The summed E-state index contributed by atoms with van der Waals surface area (Å²) in [6, 6.07) is 11.1. The van der Waals surface area contributed by atoms with E-state index in [0.29, 0.717) is 27.6 Å². The highest BCUT2D eigenvalue weighted by Crippen LogP contribution is 2.33. The van der Waals surface area contributed by atoms with E-state index in [1.165, 1.54) is 38.6 Å². The molecule has 3 rings (SSSR count). The van der Waals surface area contributed by atoms with E-state index in [9.17, 15) is 8.42 Å². The molecule has 26 heavy (non-hydrogen) atoms. The molecule has 0 aliphatic rings. The third-order valence-corrected chi connectivity index (χ3v) is 5.20. The Kier molecular flexibility index (Phi) is 5.06. The van der Waals surface area contributed by atoms with Crippen LogP contribution in [0.4, 0.5) is 5.88 Å². The molecule has 0 saturated carbocycles. The molecule has 3 aromatic rings. The summed E-state index contributed by atoms with van der Waals surface area (Å²) in [5, 5.41) is 4.25. The molecule has 9 heteroatoms. The topological polar surface area (TPSA) is 90.7 Å². The molecule has 1 heterocycles. The van der Waals surface area contributed by atoms with Crippen LogP contribution < -0.4 is 14.2 Å². The van der Waals surface area contributed by atoms with Crippen LogP contribution in [0.5, 0.6) is 11.5 Å². The molecule has 0 saturated heterocycles. The van der Waals surface area contributed by atoms with Gasteiger partial charge < -0.3 is 14.0 Å². The van der Waals surface area contributed by atoms with Gasteiger partial charge in [-0.25, -0.2) is 13.1 Å². The number of aromatic nitrogens is 1. The van der Waals surface area contributed by atoms with Crippen LogP contribution in [0.1, 0.15) is 0 Å². The molecule has 0 atom stereocenters. The van der Waals surface area contributed by atoms with E-state index in [1.807, 2.05) is 0 Å². The molecule has 136 valence electrons. The maximum Gasteiger partial charge on any atom is 0.264 e. The van der Waals surface area contributed by atoms with Gasteiger partial charge in [-0.05, 0) is 29.8 Å². The molecular weight excluding hydrogens is 380 g/mol. The number of ether oxygens (including phenoxy) is 2.